The molecule has 0 radical (unpaired) electrons. The number of amides is 2. The molecule has 0 aromatic rings. The average Bonchev–Trinajstić information content (AvgIpc) is 3.20. The number of likely N-dealkylation sites (tertiary alicyclic amines) is 1. The number of esters is 1. The maximum Gasteiger partial charge on any atom is 0.313 e. The summed E-state index contributed by atoms with van der Waals surface area (Å²) in [5.41, 5.74) is -2.90. The molecule has 206 valence electrons. The third-order valence-electron chi connectivity index (χ3n) is 8.98. The Morgan fingerprint density at radius 2 is 1.81 bits per heavy atom. The lowest BCUT2D eigenvalue weighted by molar-refractivity contribution is -0.165. The molecule has 0 aliphatic carbocycles. The van der Waals surface area contributed by atoms with Crippen molar-refractivity contribution in [2.45, 2.75) is 102 Å². The van der Waals surface area contributed by atoms with Crippen LogP contribution >= 0.6 is 0 Å². The Hall–Kier alpha value is -2.19. The van der Waals surface area contributed by atoms with Crippen LogP contribution in [0.15, 0.2) is 24.3 Å². The average molecular weight is 517 g/mol. The molecule has 4 aliphatic heterocycles. The number of allylic oxidation sites excluding steroid dienone is 1. The van der Waals surface area contributed by atoms with Crippen LogP contribution in [0.5, 0.6) is 0 Å². The van der Waals surface area contributed by atoms with Gasteiger partial charge >= 0.3 is 5.97 Å². The van der Waals surface area contributed by atoms with E-state index in [-0.39, 0.29) is 24.3 Å². The van der Waals surface area contributed by atoms with Crippen molar-refractivity contribution < 1.29 is 29.0 Å². The molecule has 0 saturated carbocycles. The summed E-state index contributed by atoms with van der Waals surface area (Å²) in [6.07, 6.45) is 11.4. The van der Waals surface area contributed by atoms with Crippen molar-refractivity contribution in [1.29, 1.82) is 0 Å². The van der Waals surface area contributed by atoms with Gasteiger partial charge in [0.15, 0.2) is 0 Å². The molecule has 0 bridgehead atoms. The summed E-state index contributed by atoms with van der Waals surface area (Å²) in [6.45, 7) is 12.2. The lowest BCUT2D eigenvalue weighted by Crippen LogP contribution is -2.62. The van der Waals surface area contributed by atoms with Crippen LogP contribution in [0.2, 0.25) is 0 Å². The molecule has 1 unspecified atom stereocenters. The Morgan fingerprint density at radius 1 is 1.08 bits per heavy atom. The summed E-state index contributed by atoms with van der Waals surface area (Å²) in [5, 5.41) is 10.5. The van der Waals surface area contributed by atoms with Gasteiger partial charge < -0.3 is 24.4 Å². The highest BCUT2D eigenvalue weighted by atomic mass is 16.6. The zero-order valence-corrected chi connectivity index (χ0v) is 23.2. The van der Waals surface area contributed by atoms with E-state index in [2.05, 4.69) is 0 Å². The highest BCUT2D eigenvalue weighted by molar-refractivity contribution is 5.99. The molecule has 2 saturated heterocycles. The SMILES string of the molecule is CC[C@H](C)[C@H](CO)N1C(=O)[C@@H]2[C@@H]3C(=O)OCCCC/C=C\[C@]3(CC)O[C@@]23C=CCN(C(C)(C)C)C(=O)C13. The molecule has 7 atom stereocenters. The van der Waals surface area contributed by atoms with Gasteiger partial charge in [0.2, 0.25) is 11.8 Å². The lowest BCUT2D eigenvalue weighted by Gasteiger charge is -2.44. The van der Waals surface area contributed by atoms with Gasteiger partial charge in [-0.3, -0.25) is 14.4 Å². The molecule has 4 rings (SSSR count). The van der Waals surface area contributed by atoms with Crippen LogP contribution in [-0.2, 0) is 23.9 Å². The first-order valence-corrected chi connectivity index (χ1v) is 14.0. The zero-order valence-electron chi connectivity index (χ0n) is 23.2. The molecular formula is C29H44N2O6. The Bertz CT molecular complexity index is 970. The van der Waals surface area contributed by atoms with E-state index in [4.69, 9.17) is 9.47 Å². The van der Waals surface area contributed by atoms with Crippen LogP contribution < -0.4 is 0 Å². The molecule has 1 spiro atoms. The Balaban J connectivity index is 1.95. The largest absolute Gasteiger partial charge is 0.465 e. The first-order chi connectivity index (χ1) is 17.5. The number of cyclic esters (lactones) is 1. The number of fused-ring (bicyclic) bond motifs is 2. The molecule has 8 nitrogen and oxygen atoms in total. The number of rotatable bonds is 5. The van der Waals surface area contributed by atoms with E-state index in [0.29, 0.717) is 19.6 Å². The number of ether oxygens (including phenoxy) is 2. The van der Waals surface area contributed by atoms with Crippen molar-refractivity contribution in [3.8, 4) is 0 Å². The molecule has 1 N–H and O–H groups in total. The second-order valence-electron chi connectivity index (χ2n) is 12.1. The van der Waals surface area contributed by atoms with Gasteiger partial charge in [-0.25, -0.2) is 0 Å². The van der Waals surface area contributed by atoms with Crippen molar-refractivity contribution in [1.82, 2.24) is 9.80 Å². The van der Waals surface area contributed by atoms with Crippen molar-refractivity contribution >= 4 is 17.8 Å². The van der Waals surface area contributed by atoms with Gasteiger partial charge in [0.05, 0.1) is 25.2 Å². The Kier molecular flexibility index (Phi) is 7.65. The van der Waals surface area contributed by atoms with Crippen molar-refractivity contribution in [3.63, 3.8) is 0 Å². The number of hydrogen-bond acceptors (Lipinski definition) is 6. The molecule has 2 amide bonds. The molecule has 0 aromatic carbocycles. The van der Waals surface area contributed by atoms with Crippen LogP contribution in [-0.4, -0.2) is 81.3 Å². The number of aliphatic hydroxyl groups is 1. The van der Waals surface area contributed by atoms with E-state index in [9.17, 15) is 19.5 Å². The smallest absolute Gasteiger partial charge is 0.313 e. The standard InChI is InChI=1S/C29H44N2O6/c1-7-19(3)20(18-32)31-23-25(34)30(27(4,5)6)16-13-15-29(23)21(24(31)33)22-26(35)36-17-12-10-9-11-14-28(22,8-2)37-29/h11,13-15,19-23,32H,7-10,12,16-18H2,1-6H3/b14-11-/t19-,20-,21-,22+,23?,28-,29-/m0/s1. The summed E-state index contributed by atoms with van der Waals surface area (Å²) in [5.74, 6) is -2.86. The molecule has 4 aliphatic rings. The van der Waals surface area contributed by atoms with E-state index >= 15 is 0 Å². The highest BCUT2D eigenvalue weighted by Crippen LogP contribution is 2.59. The summed E-state index contributed by atoms with van der Waals surface area (Å²) in [7, 11) is 0. The quantitative estimate of drug-likeness (QED) is 0.445. The van der Waals surface area contributed by atoms with Gasteiger partial charge in [-0.2, -0.15) is 0 Å². The number of nitrogens with zero attached hydrogens (tertiary/aromatic N) is 2. The van der Waals surface area contributed by atoms with Gasteiger partial charge in [0, 0.05) is 12.1 Å². The normalized spacial score (nSPS) is 36.8. The van der Waals surface area contributed by atoms with Gasteiger partial charge in [-0.15, -0.1) is 0 Å². The van der Waals surface area contributed by atoms with Crippen molar-refractivity contribution in [2.75, 3.05) is 19.8 Å². The van der Waals surface area contributed by atoms with Gasteiger partial charge in [0.1, 0.15) is 23.2 Å². The van der Waals surface area contributed by atoms with E-state index in [1.54, 1.807) is 9.80 Å². The summed E-state index contributed by atoms with van der Waals surface area (Å²) in [4.78, 5) is 45.9. The van der Waals surface area contributed by atoms with Crippen LogP contribution in [0.25, 0.3) is 0 Å². The van der Waals surface area contributed by atoms with E-state index in [1.807, 2.05) is 65.8 Å². The summed E-state index contributed by atoms with van der Waals surface area (Å²) >= 11 is 0. The van der Waals surface area contributed by atoms with Crippen LogP contribution in [0.3, 0.4) is 0 Å². The third kappa shape index (κ3) is 4.34. The molecule has 4 heterocycles. The first-order valence-electron chi connectivity index (χ1n) is 14.0. The Morgan fingerprint density at radius 3 is 2.43 bits per heavy atom. The van der Waals surface area contributed by atoms with Crippen molar-refractivity contribution in [2.24, 2.45) is 17.8 Å². The van der Waals surface area contributed by atoms with Crippen LogP contribution in [0, 0.1) is 17.8 Å². The molecule has 37 heavy (non-hydrogen) atoms. The maximum atomic E-state index is 14.5. The molecule has 0 aromatic heterocycles. The maximum absolute atomic E-state index is 14.5. The molecule has 2 fully saturated rings. The lowest BCUT2D eigenvalue weighted by atomic mass is 9.73. The minimum absolute atomic E-state index is 0.0558. The number of carbonyl (C=O) groups is 3. The fourth-order valence-electron chi connectivity index (χ4n) is 6.75. The molecular weight excluding hydrogens is 472 g/mol. The second kappa shape index (κ2) is 10.2. The fraction of sp³-hybridized carbons (Fsp3) is 0.759. The Labute approximate surface area is 221 Å². The predicted molar refractivity (Wildman–Crippen MR) is 139 cm³/mol. The molecule has 8 heteroatoms. The summed E-state index contributed by atoms with van der Waals surface area (Å²) < 4.78 is 12.7. The van der Waals surface area contributed by atoms with Crippen LogP contribution in [0.4, 0.5) is 0 Å². The van der Waals surface area contributed by atoms with Crippen LogP contribution in [0.1, 0.15) is 73.6 Å². The van der Waals surface area contributed by atoms with Gasteiger partial charge in [0.25, 0.3) is 0 Å². The monoisotopic (exact) mass is 516 g/mol. The van der Waals surface area contributed by atoms with E-state index < -0.39 is 46.6 Å². The summed E-state index contributed by atoms with van der Waals surface area (Å²) in [6, 6.07) is -1.57. The second-order valence-corrected chi connectivity index (χ2v) is 12.1. The minimum atomic E-state index is -1.34. The number of hydrogen-bond donors (Lipinski definition) is 1. The van der Waals surface area contributed by atoms with E-state index in [1.165, 1.54) is 0 Å². The highest BCUT2D eigenvalue weighted by Gasteiger charge is 2.76. The first kappa shape index (κ1) is 27.8. The number of carbonyl (C=O) groups excluding carboxylic acids is 3. The van der Waals surface area contributed by atoms with Gasteiger partial charge in [-0.1, -0.05) is 51.5 Å². The topological polar surface area (TPSA) is 96.4 Å². The zero-order chi connectivity index (χ0) is 27.2. The van der Waals surface area contributed by atoms with E-state index in [0.717, 1.165) is 25.7 Å². The number of aliphatic hydroxyl groups excluding tert-OH is 1. The predicted octanol–water partition coefficient (Wildman–Crippen LogP) is 3.23. The van der Waals surface area contributed by atoms with Crippen molar-refractivity contribution in [3.05, 3.63) is 24.3 Å². The third-order valence-corrected chi connectivity index (χ3v) is 8.98. The van der Waals surface area contributed by atoms with Gasteiger partial charge in [-0.05, 0) is 52.4 Å². The fourth-order valence-corrected chi connectivity index (χ4v) is 6.75. The minimum Gasteiger partial charge on any atom is -0.465 e.